The largest absolute Gasteiger partial charge is 0.457 e. The summed E-state index contributed by atoms with van der Waals surface area (Å²) in [6.07, 6.45) is 1.70. The number of hydrogen-bond acceptors (Lipinski definition) is 3. The standard InChI is InChI=1S/C22H16Cl2N2O2/c1-13-18(7-4-8-20(13)24)21-10-9-17(28-21)12-19-14(2)25-26(22(19)27)16-6-3-5-15(23)11-16/h3-12H,1-2H3/b19-12+. The summed E-state index contributed by atoms with van der Waals surface area (Å²) < 4.78 is 5.94. The Labute approximate surface area is 172 Å². The molecule has 0 N–H and O–H groups in total. The molecule has 0 spiro atoms. The van der Waals surface area contributed by atoms with Gasteiger partial charge >= 0.3 is 0 Å². The fourth-order valence-corrected chi connectivity index (χ4v) is 3.42. The Morgan fingerprint density at radius 1 is 1.04 bits per heavy atom. The highest BCUT2D eigenvalue weighted by atomic mass is 35.5. The van der Waals surface area contributed by atoms with Crippen LogP contribution in [0.15, 0.2) is 69.7 Å². The zero-order chi connectivity index (χ0) is 19.8. The van der Waals surface area contributed by atoms with E-state index < -0.39 is 0 Å². The van der Waals surface area contributed by atoms with Crippen molar-refractivity contribution in [2.24, 2.45) is 5.10 Å². The average molecular weight is 411 g/mol. The number of nitrogens with zero attached hydrogens (tertiary/aromatic N) is 2. The van der Waals surface area contributed by atoms with E-state index in [0.29, 0.717) is 38.5 Å². The van der Waals surface area contributed by atoms with Gasteiger partial charge < -0.3 is 4.42 Å². The molecular formula is C22H16Cl2N2O2. The average Bonchev–Trinajstić information content (AvgIpc) is 3.24. The molecule has 0 atom stereocenters. The first-order valence-corrected chi connectivity index (χ1v) is 9.42. The third kappa shape index (κ3) is 3.37. The molecule has 0 aliphatic carbocycles. The third-order valence-corrected chi connectivity index (χ3v) is 5.21. The highest BCUT2D eigenvalue weighted by Crippen LogP contribution is 2.31. The first kappa shape index (κ1) is 18.5. The Kier molecular flexibility index (Phi) is 4.84. The molecule has 2 aromatic carbocycles. The van der Waals surface area contributed by atoms with Crippen molar-refractivity contribution in [1.29, 1.82) is 0 Å². The molecule has 3 aromatic rings. The quantitative estimate of drug-likeness (QED) is 0.470. The van der Waals surface area contributed by atoms with Crippen LogP contribution in [0.1, 0.15) is 18.2 Å². The summed E-state index contributed by atoms with van der Waals surface area (Å²) in [5.41, 5.74) is 3.57. The molecule has 4 rings (SSSR count). The van der Waals surface area contributed by atoms with E-state index >= 15 is 0 Å². The summed E-state index contributed by atoms with van der Waals surface area (Å²) in [5.74, 6) is 1.04. The molecule has 0 bridgehead atoms. The fraction of sp³-hybridized carbons (Fsp3) is 0.0909. The second kappa shape index (κ2) is 7.30. The van der Waals surface area contributed by atoms with E-state index in [-0.39, 0.29) is 5.91 Å². The SMILES string of the molecule is CC1=NN(c2cccc(Cl)c2)C(=O)/C1=C/c1ccc(-c2cccc(Cl)c2C)o1. The van der Waals surface area contributed by atoms with E-state index in [2.05, 4.69) is 5.10 Å². The molecule has 6 heteroatoms. The molecule has 1 aromatic heterocycles. The van der Waals surface area contributed by atoms with E-state index in [1.54, 1.807) is 37.3 Å². The van der Waals surface area contributed by atoms with Gasteiger partial charge in [0.15, 0.2) is 0 Å². The maximum Gasteiger partial charge on any atom is 0.280 e. The van der Waals surface area contributed by atoms with Gasteiger partial charge in [0.2, 0.25) is 0 Å². The van der Waals surface area contributed by atoms with Gasteiger partial charge in [0.1, 0.15) is 11.5 Å². The predicted octanol–water partition coefficient (Wildman–Crippen LogP) is 6.37. The van der Waals surface area contributed by atoms with Gasteiger partial charge in [-0.3, -0.25) is 4.79 Å². The summed E-state index contributed by atoms with van der Waals surface area (Å²) in [7, 11) is 0. The highest BCUT2D eigenvalue weighted by molar-refractivity contribution is 6.33. The van der Waals surface area contributed by atoms with E-state index in [4.69, 9.17) is 27.6 Å². The number of anilines is 1. The fourth-order valence-electron chi connectivity index (χ4n) is 3.06. The second-order valence-corrected chi connectivity index (χ2v) is 7.30. The molecule has 0 saturated heterocycles. The van der Waals surface area contributed by atoms with Crippen molar-refractivity contribution >= 4 is 46.6 Å². The zero-order valence-corrected chi connectivity index (χ0v) is 16.8. The van der Waals surface area contributed by atoms with Crippen molar-refractivity contribution in [3.63, 3.8) is 0 Å². The molecule has 4 nitrogen and oxygen atoms in total. The molecule has 1 aliphatic rings. The lowest BCUT2D eigenvalue weighted by Crippen LogP contribution is -2.21. The van der Waals surface area contributed by atoms with Crippen molar-refractivity contribution in [3.05, 3.63) is 81.5 Å². The number of amides is 1. The van der Waals surface area contributed by atoms with Crippen LogP contribution in [0.25, 0.3) is 17.4 Å². The van der Waals surface area contributed by atoms with Crippen LogP contribution in [-0.4, -0.2) is 11.6 Å². The third-order valence-electron chi connectivity index (χ3n) is 4.56. The van der Waals surface area contributed by atoms with Crippen molar-refractivity contribution in [2.45, 2.75) is 13.8 Å². The van der Waals surface area contributed by atoms with Crippen LogP contribution in [0, 0.1) is 6.92 Å². The molecular weight excluding hydrogens is 395 g/mol. The summed E-state index contributed by atoms with van der Waals surface area (Å²) in [5, 5.41) is 6.93. The van der Waals surface area contributed by atoms with Crippen LogP contribution in [0.3, 0.4) is 0 Å². The molecule has 2 heterocycles. The number of furan rings is 1. The Bertz CT molecular complexity index is 1140. The molecule has 1 aliphatic heterocycles. The molecule has 28 heavy (non-hydrogen) atoms. The van der Waals surface area contributed by atoms with Gasteiger partial charge in [0.25, 0.3) is 5.91 Å². The predicted molar refractivity (Wildman–Crippen MR) is 114 cm³/mol. The smallest absolute Gasteiger partial charge is 0.280 e. The molecule has 0 unspecified atom stereocenters. The number of rotatable bonds is 3. The molecule has 0 radical (unpaired) electrons. The topological polar surface area (TPSA) is 45.8 Å². The zero-order valence-electron chi connectivity index (χ0n) is 15.2. The van der Waals surface area contributed by atoms with Crippen LogP contribution in [0.4, 0.5) is 5.69 Å². The number of halogens is 2. The van der Waals surface area contributed by atoms with E-state index in [9.17, 15) is 4.79 Å². The normalized spacial score (nSPS) is 15.4. The number of benzene rings is 2. The van der Waals surface area contributed by atoms with Crippen LogP contribution in [-0.2, 0) is 4.79 Å². The first-order chi connectivity index (χ1) is 13.4. The molecule has 140 valence electrons. The lowest BCUT2D eigenvalue weighted by atomic mass is 10.1. The maximum absolute atomic E-state index is 12.8. The van der Waals surface area contributed by atoms with Gasteiger partial charge in [0.05, 0.1) is 17.0 Å². The minimum atomic E-state index is -0.225. The Hall–Kier alpha value is -2.82. The lowest BCUT2D eigenvalue weighted by Gasteiger charge is -2.11. The van der Waals surface area contributed by atoms with Crippen molar-refractivity contribution in [2.75, 3.05) is 5.01 Å². The van der Waals surface area contributed by atoms with Gasteiger partial charge in [-0.1, -0.05) is 41.4 Å². The Morgan fingerprint density at radius 2 is 1.82 bits per heavy atom. The van der Waals surface area contributed by atoms with Crippen LogP contribution in [0.5, 0.6) is 0 Å². The van der Waals surface area contributed by atoms with Gasteiger partial charge in [-0.2, -0.15) is 10.1 Å². The van der Waals surface area contributed by atoms with Crippen LogP contribution in [0.2, 0.25) is 10.0 Å². The summed E-state index contributed by atoms with van der Waals surface area (Å²) >= 11 is 12.2. The highest BCUT2D eigenvalue weighted by Gasteiger charge is 2.29. The van der Waals surface area contributed by atoms with Crippen molar-refractivity contribution < 1.29 is 9.21 Å². The van der Waals surface area contributed by atoms with Gasteiger partial charge in [-0.05, 0) is 61.9 Å². The van der Waals surface area contributed by atoms with E-state index in [1.165, 1.54) is 5.01 Å². The van der Waals surface area contributed by atoms with Gasteiger partial charge in [-0.25, -0.2) is 0 Å². The van der Waals surface area contributed by atoms with Crippen LogP contribution < -0.4 is 5.01 Å². The number of carbonyl (C=O) groups excluding carboxylic acids is 1. The van der Waals surface area contributed by atoms with E-state index in [0.717, 1.165) is 11.1 Å². The first-order valence-electron chi connectivity index (χ1n) is 8.66. The minimum absolute atomic E-state index is 0.225. The number of carbonyl (C=O) groups is 1. The summed E-state index contributed by atoms with van der Waals surface area (Å²) in [6.45, 7) is 3.73. The molecule has 0 saturated carbocycles. The van der Waals surface area contributed by atoms with Gasteiger partial charge in [0, 0.05) is 15.6 Å². The Balaban J connectivity index is 1.65. The molecule has 1 amide bonds. The summed E-state index contributed by atoms with van der Waals surface area (Å²) in [6, 6.07) is 16.4. The van der Waals surface area contributed by atoms with Crippen molar-refractivity contribution in [1.82, 2.24) is 0 Å². The molecule has 0 fully saturated rings. The minimum Gasteiger partial charge on any atom is -0.457 e. The summed E-state index contributed by atoms with van der Waals surface area (Å²) in [4.78, 5) is 12.8. The number of hydrazone groups is 1. The van der Waals surface area contributed by atoms with E-state index in [1.807, 2.05) is 37.3 Å². The number of hydrogen-bond donors (Lipinski definition) is 0. The maximum atomic E-state index is 12.8. The Morgan fingerprint density at radius 3 is 2.61 bits per heavy atom. The lowest BCUT2D eigenvalue weighted by molar-refractivity contribution is -0.114. The van der Waals surface area contributed by atoms with Crippen LogP contribution >= 0.6 is 23.2 Å². The van der Waals surface area contributed by atoms with Gasteiger partial charge in [-0.15, -0.1) is 0 Å². The van der Waals surface area contributed by atoms with Crippen molar-refractivity contribution in [3.8, 4) is 11.3 Å². The monoisotopic (exact) mass is 410 g/mol. The second-order valence-electron chi connectivity index (χ2n) is 6.45.